The molecule has 0 aromatic heterocycles. The molecule has 3 nitrogen and oxygen atoms in total. The lowest BCUT2D eigenvalue weighted by molar-refractivity contribution is -0.117. The number of halogens is 1. The zero-order valence-corrected chi connectivity index (χ0v) is 10.4. The van der Waals surface area contributed by atoms with Gasteiger partial charge in [0.05, 0.1) is 13.5 Å². The van der Waals surface area contributed by atoms with Crippen molar-refractivity contribution in [3.8, 4) is 5.75 Å². The average Bonchev–Trinajstić information content (AvgIpc) is 2.29. The number of benzene rings is 2. The first-order chi connectivity index (χ1) is 7.72. The smallest absolute Gasteiger partial charge is 0.242 e. The third kappa shape index (κ3) is 2.68. The fourth-order valence-electron chi connectivity index (χ4n) is 1.89. The van der Waals surface area contributed by atoms with Crippen LogP contribution in [0.25, 0.3) is 10.8 Å². The lowest BCUT2D eigenvalue weighted by Gasteiger charge is -2.08. The maximum atomic E-state index is 5.55. The van der Waals surface area contributed by atoms with Gasteiger partial charge >= 0.3 is 0 Å². The Bertz CT molecular complexity index is 540. The van der Waals surface area contributed by atoms with Gasteiger partial charge in [-0.05, 0) is 17.0 Å². The van der Waals surface area contributed by atoms with Crippen molar-refractivity contribution in [1.29, 1.82) is 0 Å². The molecule has 0 aliphatic carbocycles. The fraction of sp³-hybridized carbons (Fsp3) is 0.154. The molecule has 0 radical (unpaired) electrons. The molecule has 4 N–H and O–H groups in total. The molecule has 2 rings (SSSR count). The highest BCUT2D eigenvalue weighted by molar-refractivity contribution is 5.93. The molecule has 0 spiro atoms. The molecule has 0 unspecified atom stereocenters. The first-order valence-corrected chi connectivity index (χ1v) is 5.13. The van der Waals surface area contributed by atoms with Crippen LogP contribution < -0.4 is 28.3 Å². The van der Waals surface area contributed by atoms with Gasteiger partial charge in [0.1, 0.15) is 5.75 Å². The molecule has 0 atom stereocenters. The molecule has 0 heterocycles. The average molecular weight is 251 g/mol. The first kappa shape index (κ1) is 13.3. The summed E-state index contributed by atoms with van der Waals surface area (Å²) in [7, 11) is 1.67. The Kier molecular flexibility index (Phi) is 4.35. The van der Waals surface area contributed by atoms with E-state index in [4.69, 9.17) is 15.9 Å². The summed E-state index contributed by atoms with van der Waals surface area (Å²) in [6.07, 6.45) is 0.588. The van der Waals surface area contributed by atoms with Gasteiger partial charge in [0.15, 0.2) is 0 Å². The van der Waals surface area contributed by atoms with Gasteiger partial charge in [-0.3, -0.25) is 11.1 Å². The van der Waals surface area contributed by atoms with E-state index >= 15 is 0 Å². The third-order valence-electron chi connectivity index (χ3n) is 2.59. The van der Waals surface area contributed by atoms with E-state index in [1.54, 1.807) is 7.11 Å². The molecule has 4 heteroatoms. The molecular formula is C13H15ClN2O. The second kappa shape index (κ2) is 5.55. The van der Waals surface area contributed by atoms with Gasteiger partial charge in [0.2, 0.25) is 5.84 Å². The van der Waals surface area contributed by atoms with Crippen molar-refractivity contribution in [1.82, 2.24) is 0 Å². The predicted octanol–water partition coefficient (Wildman–Crippen LogP) is -2.49. The minimum Gasteiger partial charge on any atom is -1.00 e. The van der Waals surface area contributed by atoms with Crippen LogP contribution >= 0.6 is 0 Å². The highest BCUT2D eigenvalue weighted by Crippen LogP contribution is 2.28. The number of ether oxygens (including phenoxy) is 1. The van der Waals surface area contributed by atoms with E-state index in [2.05, 4.69) is 6.07 Å². The molecule has 90 valence electrons. The normalized spacial score (nSPS) is 9.71. The van der Waals surface area contributed by atoms with Crippen molar-refractivity contribution >= 4 is 16.6 Å². The van der Waals surface area contributed by atoms with Crippen LogP contribution in [-0.4, -0.2) is 12.9 Å². The van der Waals surface area contributed by atoms with Gasteiger partial charge in [-0.1, -0.05) is 30.3 Å². The summed E-state index contributed by atoms with van der Waals surface area (Å²) in [6.45, 7) is 0. The quantitative estimate of drug-likeness (QED) is 0.468. The predicted molar refractivity (Wildman–Crippen MR) is 65.3 cm³/mol. The summed E-state index contributed by atoms with van der Waals surface area (Å²) in [5.41, 5.74) is 6.67. The number of nitrogens with two attached hydrogens (primary N) is 2. The van der Waals surface area contributed by atoms with Gasteiger partial charge in [-0.15, -0.1) is 0 Å². The Morgan fingerprint density at radius 2 is 1.82 bits per heavy atom. The van der Waals surface area contributed by atoms with Gasteiger partial charge in [0.25, 0.3) is 0 Å². The number of methoxy groups -OCH3 is 1. The molecule has 0 bridgehead atoms. The summed E-state index contributed by atoms with van der Waals surface area (Å²) < 4.78 is 5.32. The Morgan fingerprint density at radius 3 is 2.41 bits per heavy atom. The largest absolute Gasteiger partial charge is 1.00 e. The summed E-state index contributed by atoms with van der Waals surface area (Å²) in [4.78, 5) is 0. The highest BCUT2D eigenvalue weighted by atomic mass is 35.5. The van der Waals surface area contributed by atoms with E-state index in [9.17, 15) is 0 Å². The van der Waals surface area contributed by atoms with E-state index in [0.29, 0.717) is 12.3 Å². The molecule has 0 fully saturated rings. The number of hydrogen-bond acceptors (Lipinski definition) is 1. The molecule has 2 aromatic carbocycles. The van der Waals surface area contributed by atoms with Crippen LogP contribution in [0.4, 0.5) is 0 Å². The van der Waals surface area contributed by atoms with Gasteiger partial charge in [-0.25, -0.2) is 0 Å². The Morgan fingerprint density at radius 1 is 1.18 bits per heavy atom. The fourth-order valence-corrected chi connectivity index (χ4v) is 1.89. The molecule has 0 amide bonds. The summed E-state index contributed by atoms with van der Waals surface area (Å²) in [5.74, 6) is 1.30. The van der Waals surface area contributed by atoms with Crippen LogP contribution in [0, 0.1) is 0 Å². The molecule has 17 heavy (non-hydrogen) atoms. The molecule has 2 aromatic rings. The van der Waals surface area contributed by atoms with Crippen molar-refractivity contribution in [3.63, 3.8) is 0 Å². The van der Waals surface area contributed by atoms with E-state index in [1.165, 1.54) is 0 Å². The maximum Gasteiger partial charge on any atom is 0.242 e. The lowest BCUT2D eigenvalue weighted by Crippen LogP contribution is -3.00. The Balaban J connectivity index is 0.00000144. The Hall–Kier alpha value is -1.74. The number of amidine groups is 1. The molecule has 0 aliphatic heterocycles. The van der Waals surface area contributed by atoms with Crippen LogP contribution in [0.15, 0.2) is 36.4 Å². The zero-order valence-electron chi connectivity index (χ0n) is 9.61. The zero-order chi connectivity index (χ0) is 11.5. The molecule has 0 saturated carbocycles. The minimum absolute atomic E-state index is 0. The Labute approximate surface area is 106 Å². The maximum absolute atomic E-state index is 5.55. The summed E-state index contributed by atoms with van der Waals surface area (Å²) >= 11 is 0. The number of fused-ring (bicyclic) bond motifs is 1. The van der Waals surface area contributed by atoms with E-state index < -0.39 is 0 Å². The van der Waals surface area contributed by atoms with E-state index in [0.717, 1.165) is 22.1 Å². The van der Waals surface area contributed by atoms with Crippen molar-refractivity contribution in [2.75, 3.05) is 7.11 Å². The second-order valence-electron chi connectivity index (χ2n) is 3.72. The van der Waals surface area contributed by atoms with Crippen LogP contribution in [0.3, 0.4) is 0 Å². The van der Waals surface area contributed by atoms with Crippen LogP contribution in [0.2, 0.25) is 0 Å². The van der Waals surface area contributed by atoms with Crippen molar-refractivity contribution in [3.05, 3.63) is 42.0 Å². The second-order valence-corrected chi connectivity index (χ2v) is 3.72. The van der Waals surface area contributed by atoms with E-state index in [-0.39, 0.29) is 12.4 Å². The molecule has 0 saturated heterocycles. The summed E-state index contributed by atoms with van der Waals surface area (Å²) in [5, 5.41) is 7.77. The topological polar surface area (TPSA) is 60.8 Å². The van der Waals surface area contributed by atoms with Crippen molar-refractivity contribution in [2.45, 2.75) is 6.42 Å². The molecular weight excluding hydrogens is 236 g/mol. The van der Waals surface area contributed by atoms with Gasteiger partial charge < -0.3 is 17.1 Å². The van der Waals surface area contributed by atoms with Gasteiger partial charge in [-0.2, -0.15) is 0 Å². The van der Waals surface area contributed by atoms with Crippen LogP contribution in [-0.2, 0) is 6.42 Å². The standard InChI is InChI=1S/C13H14N2O.ClH/c1-16-12-7-6-9(8-13(14)15)10-4-2-3-5-11(10)12;/h2-7H,8H2,1H3,(H3,14,15);1H. The lowest BCUT2D eigenvalue weighted by atomic mass is 10.0. The summed E-state index contributed by atoms with van der Waals surface area (Å²) in [6, 6.07) is 12.0. The van der Waals surface area contributed by atoms with Crippen LogP contribution in [0.5, 0.6) is 5.75 Å². The number of rotatable bonds is 3. The van der Waals surface area contributed by atoms with Crippen molar-refractivity contribution in [2.24, 2.45) is 5.73 Å². The van der Waals surface area contributed by atoms with Gasteiger partial charge in [0, 0.05) is 5.39 Å². The molecule has 0 aliphatic rings. The van der Waals surface area contributed by atoms with Crippen molar-refractivity contribution < 1.29 is 22.6 Å². The number of hydrogen-bond donors (Lipinski definition) is 2. The van der Waals surface area contributed by atoms with E-state index in [1.807, 2.05) is 30.3 Å². The van der Waals surface area contributed by atoms with Crippen LogP contribution in [0.1, 0.15) is 5.56 Å². The first-order valence-electron chi connectivity index (χ1n) is 5.13. The highest BCUT2D eigenvalue weighted by Gasteiger charge is 2.07. The SMILES string of the molecule is COc1ccc(CC(N)=[NH2+])c2ccccc12.[Cl-]. The monoisotopic (exact) mass is 250 g/mol. The third-order valence-corrected chi connectivity index (χ3v) is 2.59. The minimum atomic E-state index is 0.